The molecule has 1 aliphatic heterocycles. The van der Waals surface area contributed by atoms with E-state index in [0.29, 0.717) is 17.5 Å². The lowest BCUT2D eigenvalue weighted by molar-refractivity contribution is -0.123. The Morgan fingerprint density at radius 1 is 1.19 bits per heavy atom. The lowest BCUT2D eigenvalue weighted by atomic mass is 10.1. The van der Waals surface area contributed by atoms with E-state index >= 15 is 0 Å². The average Bonchev–Trinajstić information content (AvgIpc) is 3.17. The highest BCUT2D eigenvalue weighted by molar-refractivity contribution is 9.10. The van der Waals surface area contributed by atoms with Gasteiger partial charge in [-0.05, 0) is 31.2 Å². The molecular weight excluding hydrogens is 410 g/mol. The van der Waals surface area contributed by atoms with Crippen LogP contribution in [-0.4, -0.2) is 26.6 Å². The van der Waals surface area contributed by atoms with Crippen molar-refractivity contribution in [3.63, 3.8) is 0 Å². The van der Waals surface area contributed by atoms with Crippen molar-refractivity contribution in [2.45, 2.75) is 19.4 Å². The summed E-state index contributed by atoms with van der Waals surface area (Å²) in [7, 11) is 0. The fraction of sp³-hybridized carbons (Fsp3) is 0.158. The summed E-state index contributed by atoms with van der Waals surface area (Å²) in [6.07, 6.45) is -0.0222. The van der Waals surface area contributed by atoms with Gasteiger partial charge in [0.2, 0.25) is 11.9 Å². The molecule has 1 aliphatic rings. The van der Waals surface area contributed by atoms with Crippen molar-refractivity contribution in [2.24, 2.45) is 0 Å². The number of rotatable bonds is 4. The quantitative estimate of drug-likeness (QED) is 0.668. The topological polar surface area (TPSA) is 88.9 Å². The first-order valence-corrected chi connectivity index (χ1v) is 9.19. The fourth-order valence-electron chi connectivity index (χ4n) is 2.86. The van der Waals surface area contributed by atoms with E-state index in [4.69, 9.17) is 0 Å². The molecule has 0 aliphatic carbocycles. The van der Waals surface area contributed by atoms with Crippen LogP contribution >= 0.6 is 15.9 Å². The van der Waals surface area contributed by atoms with Gasteiger partial charge in [-0.15, -0.1) is 5.10 Å². The van der Waals surface area contributed by atoms with E-state index < -0.39 is 6.04 Å². The highest BCUT2D eigenvalue weighted by atomic mass is 79.9. The number of nitrogens with one attached hydrogen (secondary N) is 2. The number of fused-ring (bicyclic) bond motifs is 1. The zero-order valence-corrected chi connectivity index (χ0v) is 16.0. The molecule has 4 rings (SSSR count). The van der Waals surface area contributed by atoms with E-state index in [2.05, 4.69) is 36.6 Å². The number of carbonyl (C=O) groups is 2. The number of anilines is 2. The van der Waals surface area contributed by atoms with Crippen LogP contribution in [0.4, 0.5) is 11.6 Å². The Bertz CT molecular complexity index is 1010. The number of amides is 2. The molecule has 1 aromatic heterocycles. The molecule has 3 aromatic rings. The van der Waals surface area contributed by atoms with Crippen molar-refractivity contribution in [1.29, 1.82) is 0 Å². The number of benzene rings is 2. The number of hydrogen-bond donors (Lipinski definition) is 2. The minimum Gasteiger partial charge on any atom is -0.326 e. The summed E-state index contributed by atoms with van der Waals surface area (Å²) in [6, 6.07) is 14.3. The minimum atomic E-state index is -0.720. The third-order valence-electron chi connectivity index (χ3n) is 4.28. The Morgan fingerprint density at radius 2 is 1.89 bits per heavy atom. The molecule has 2 heterocycles. The molecule has 136 valence electrons. The van der Waals surface area contributed by atoms with Gasteiger partial charge in [-0.1, -0.05) is 45.8 Å². The van der Waals surface area contributed by atoms with Crippen LogP contribution in [0.25, 0.3) is 11.4 Å². The van der Waals surface area contributed by atoms with Crippen molar-refractivity contribution < 1.29 is 9.59 Å². The summed E-state index contributed by atoms with van der Waals surface area (Å²) in [4.78, 5) is 29.0. The van der Waals surface area contributed by atoms with Crippen molar-refractivity contribution >= 4 is 39.4 Å². The fourth-order valence-corrected chi connectivity index (χ4v) is 3.12. The molecule has 0 radical (unpaired) electrons. The third kappa shape index (κ3) is 3.61. The largest absolute Gasteiger partial charge is 0.326 e. The molecule has 0 spiro atoms. The second-order valence-corrected chi connectivity index (χ2v) is 7.25. The SMILES string of the molecule is Cc1ccc(-c2nc3n(n2)[C@@H](CC(=O)Nc2ccc(Br)cc2)C(=O)N3)cc1. The number of halogens is 1. The Morgan fingerprint density at radius 3 is 2.59 bits per heavy atom. The normalized spacial score (nSPS) is 15.3. The molecule has 8 heteroatoms. The summed E-state index contributed by atoms with van der Waals surface area (Å²) in [5, 5.41) is 9.91. The number of nitrogens with zero attached hydrogens (tertiary/aromatic N) is 3. The lowest BCUT2D eigenvalue weighted by Gasteiger charge is -2.10. The van der Waals surface area contributed by atoms with E-state index in [-0.39, 0.29) is 18.2 Å². The molecule has 2 amide bonds. The first-order valence-electron chi connectivity index (χ1n) is 8.39. The van der Waals surface area contributed by atoms with Gasteiger partial charge in [-0.2, -0.15) is 4.98 Å². The van der Waals surface area contributed by atoms with E-state index in [0.717, 1.165) is 15.6 Å². The van der Waals surface area contributed by atoms with Gasteiger partial charge in [0.25, 0.3) is 5.91 Å². The van der Waals surface area contributed by atoms with Gasteiger partial charge in [0.1, 0.15) is 6.04 Å². The summed E-state index contributed by atoms with van der Waals surface area (Å²) in [6.45, 7) is 2.00. The molecule has 0 fully saturated rings. The van der Waals surface area contributed by atoms with Crippen molar-refractivity contribution in [3.05, 3.63) is 58.6 Å². The first-order chi connectivity index (χ1) is 13.0. The molecule has 27 heavy (non-hydrogen) atoms. The lowest BCUT2D eigenvalue weighted by Crippen LogP contribution is -2.23. The van der Waals surface area contributed by atoms with Crippen LogP contribution in [0, 0.1) is 6.92 Å². The number of hydrogen-bond acceptors (Lipinski definition) is 4. The molecule has 2 N–H and O–H groups in total. The van der Waals surface area contributed by atoms with Crippen molar-refractivity contribution in [3.8, 4) is 11.4 Å². The average molecular weight is 426 g/mol. The standard InChI is InChI=1S/C19H16BrN5O2/c1-11-2-4-12(5-3-11)17-22-19-23-18(27)15(25(19)24-17)10-16(26)21-14-8-6-13(20)7-9-14/h2-9,15H,10H2,1H3,(H,21,26)(H,22,23,24,27)/t15-/m0/s1. The third-order valence-corrected chi connectivity index (χ3v) is 4.81. The van der Waals surface area contributed by atoms with Gasteiger partial charge in [0, 0.05) is 15.7 Å². The molecule has 0 saturated heterocycles. The van der Waals surface area contributed by atoms with Gasteiger partial charge in [0.15, 0.2) is 5.82 Å². The van der Waals surface area contributed by atoms with Gasteiger partial charge >= 0.3 is 0 Å². The van der Waals surface area contributed by atoms with Crippen LogP contribution in [0.1, 0.15) is 18.0 Å². The van der Waals surface area contributed by atoms with Crippen LogP contribution in [0.5, 0.6) is 0 Å². The first kappa shape index (κ1) is 17.4. The maximum atomic E-state index is 12.4. The van der Waals surface area contributed by atoms with E-state index in [9.17, 15) is 9.59 Å². The Balaban J connectivity index is 1.51. The predicted octanol–water partition coefficient (Wildman–Crippen LogP) is 3.54. The summed E-state index contributed by atoms with van der Waals surface area (Å²) >= 11 is 3.35. The van der Waals surface area contributed by atoms with Crippen molar-refractivity contribution in [2.75, 3.05) is 10.6 Å². The Hall–Kier alpha value is -3.00. The van der Waals surface area contributed by atoms with Gasteiger partial charge in [-0.3, -0.25) is 14.9 Å². The van der Waals surface area contributed by atoms with Gasteiger partial charge < -0.3 is 5.32 Å². The van der Waals surface area contributed by atoms with Gasteiger partial charge in [-0.25, -0.2) is 4.68 Å². The summed E-state index contributed by atoms with van der Waals surface area (Å²) < 4.78 is 2.41. The summed E-state index contributed by atoms with van der Waals surface area (Å²) in [5.74, 6) is 0.324. The van der Waals surface area contributed by atoms with Crippen LogP contribution in [0.2, 0.25) is 0 Å². The maximum absolute atomic E-state index is 12.4. The van der Waals surface area contributed by atoms with Crippen molar-refractivity contribution in [1.82, 2.24) is 14.8 Å². The number of aromatic nitrogens is 3. The predicted molar refractivity (Wildman–Crippen MR) is 105 cm³/mol. The molecule has 0 saturated carbocycles. The minimum absolute atomic E-state index is 0.0222. The highest BCUT2D eigenvalue weighted by Crippen LogP contribution is 2.28. The Labute approximate surface area is 163 Å². The maximum Gasteiger partial charge on any atom is 0.252 e. The highest BCUT2D eigenvalue weighted by Gasteiger charge is 2.35. The monoisotopic (exact) mass is 425 g/mol. The molecule has 2 aromatic carbocycles. The molecule has 0 unspecified atom stereocenters. The van der Waals surface area contributed by atoms with Crippen LogP contribution < -0.4 is 10.6 Å². The van der Waals surface area contributed by atoms with Crippen LogP contribution in [0.3, 0.4) is 0 Å². The molecule has 1 atom stereocenters. The van der Waals surface area contributed by atoms with E-state index in [1.165, 1.54) is 4.68 Å². The molecule has 0 bridgehead atoms. The zero-order valence-electron chi connectivity index (χ0n) is 14.4. The molecular formula is C19H16BrN5O2. The van der Waals surface area contributed by atoms with Crippen LogP contribution in [0.15, 0.2) is 53.0 Å². The second kappa shape index (κ2) is 6.96. The van der Waals surface area contributed by atoms with Gasteiger partial charge in [0.05, 0.1) is 6.42 Å². The zero-order chi connectivity index (χ0) is 19.0. The smallest absolute Gasteiger partial charge is 0.252 e. The number of aryl methyl sites for hydroxylation is 1. The van der Waals surface area contributed by atoms with E-state index in [1.807, 2.05) is 43.3 Å². The second-order valence-electron chi connectivity index (χ2n) is 6.33. The number of carbonyl (C=O) groups excluding carboxylic acids is 2. The Kier molecular flexibility index (Phi) is 4.49. The molecule has 7 nitrogen and oxygen atoms in total. The van der Waals surface area contributed by atoms with E-state index in [1.54, 1.807) is 12.1 Å². The van der Waals surface area contributed by atoms with Crippen LogP contribution in [-0.2, 0) is 9.59 Å². The summed E-state index contributed by atoms with van der Waals surface area (Å²) in [5.41, 5.74) is 2.66.